The van der Waals surface area contributed by atoms with Crippen molar-refractivity contribution in [2.75, 3.05) is 13.1 Å². The molecule has 3 rings (SSSR count). The Morgan fingerprint density at radius 1 is 1.27 bits per heavy atom. The van der Waals surface area contributed by atoms with Crippen LogP contribution in [0.1, 0.15) is 31.0 Å². The minimum absolute atomic E-state index is 0.0241. The number of amides is 1. The summed E-state index contributed by atoms with van der Waals surface area (Å²) in [5, 5.41) is 2.95. The van der Waals surface area contributed by atoms with E-state index in [9.17, 15) is 9.59 Å². The first kappa shape index (κ1) is 18.3. The van der Waals surface area contributed by atoms with E-state index >= 15 is 0 Å². The Kier molecular flexibility index (Phi) is 6.17. The van der Waals surface area contributed by atoms with E-state index in [2.05, 4.69) is 15.2 Å². The second-order valence-corrected chi connectivity index (χ2v) is 7.07. The lowest BCUT2D eigenvalue weighted by Crippen LogP contribution is -2.28. The first-order valence-electron chi connectivity index (χ1n) is 9.11. The molecule has 1 fully saturated rings. The van der Waals surface area contributed by atoms with Gasteiger partial charge in [0.2, 0.25) is 5.91 Å². The molecule has 0 spiro atoms. The molecule has 6 heteroatoms. The number of hydrogen-bond acceptors (Lipinski definition) is 4. The van der Waals surface area contributed by atoms with Gasteiger partial charge >= 0.3 is 0 Å². The van der Waals surface area contributed by atoms with Crippen LogP contribution in [0.4, 0.5) is 0 Å². The molecular formula is C20H26N4O2. The molecule has 1 aromatic heterocycles. The summed E-state index contributed by atoms with van der Waals surface area (Å²) in [5.41, 5.74) is 2.11. The fourth-order valence-electron chi connectivity index (χ4n) is 3.49. The first-order chi connectivity index (χ1) is 12.6. The minimum atomic E-state index is -0.0241. The van der Waals surface area contributed by atoms with Gasteiger partial charge < -0.3 is 14.7 Å². The highest BCUT2D eigenvalue weighted by atomic mass is 16.2. The van der Waals surface area contributed by atoms with Crippen molar-refractivity contribution in [2.24, 2.45) is 5.92 Å². The molecule has 0 saturated carbocycles. The van der Waals surface area contributed by atoms with Gasteiger partial charge in [-0.3, -0.25) is 9.69 Å². The van der Waals surface area contributed by atoms with Crippen LogP contribution >= 0.6 is 0 Å². The summed E-state index contributed by atoms with van der Waals surface area (Å²) >= 11 is 0. The Morgan fingerprint density at radius 3 is 2.85 bits per heavy atom. The van der Waals surface area contributed by atoms with Crippen molar-refractivity contribution < 1.29 is 9.59 Å². The second kappa shape index (κ2) is 8.76. The number of Topliss-reactive ketones (excluding diaryl/α,β-unsaturated/α-hetero) is 1. The van der Waals surface area contributed by atoms with Gasteiger partial charge in [0.05, 0.1) is 12.0 Å². The Bertz CT molecular complexity index is 741. The van der Waals surface area contributed by atoms with E-state index < -0.39 is 0 Å². The van der Waals surface area contributed by atoms with Crippen LogP contribution in [0.3, 0.4) is 0 Å². The van der Waals surface area contributed by atoms with E-state index in [1.807, 2.05) is 41.1 Å². The van der Waals surface area contributed by atoms with Crippen LogP contribution in [0, 0.1) is 5.92 Å². The Hall–Kier alpha value is -2.47. The summed E-state index contributed by atoms with van der Waals surface area (Å²) in [6, 6.07) is 9.87. The molecule has 6 nitrogen and oxygen atoms in total. The molecule has 1 saturated heterocycles. The van der Waals surface area contributed by atoms with Crippen molar-refractivity contribution in [1.29, 1.82) is 0 Å². The summed E-state index contributed by atoms with van der Waals surface area (Å²) in [6.45, 7) is 5.15. The molecule has 2 heterocycles. The molecule has 1 N–H and O–H groups in total. The molecule has 2 aromatic rings. The van der Waals surface area contributed by atoms with Crippen LogP contribution in [-0.2, 0) is 29.2 Å². The normalized spacial score (nSPS) is 17.3. The highest BCUT2D eigenvalue weighted by Crippen LogP contribution is 2.21. The zero-order valence-electron chi connectivity index (χ0n) is 15.2. The topological polar surface area (TPSA) is 67.2 Å². The summed E-state index contributed by atoms with van der Waals surface area (Å²) in [7, 11) is 0. The first-order valence-corrected chi connectivity index (χ1v) is 9.11. The Morgan fingerprint density at radius 2 is 2.08 bits per heavy atom. The molecule has 0 radical (unpaired) electrons. The number of aromatic nitrogens is 2. The summed E-state index contributed by atoms with van der Waals surface area (Å²) < 4.78 is 1.90. The van der Waals surface area contributed by atoms with Crippen LogP contribution in [0.2, 0.25) is 0 Å². The van der Waals surface area contributed by atoms with Crippen LogP contribution in [0.15, 0.2) is 42.9 Å². The number of hydrogen-bond donors (Lipinski definition) is 1. The SMILES string of the molecule is CC(=O)CC1CCN(Cc2cncn2CC(=O)NCc2ccccc2)C1. The number of nitrogens with one attached hydrogen (secondary N) is 1. The van der Waals surface area contributed by atoms with E-state index in [0.717, 1.165) is 37.3 Å². The molecular weight excluding hydrogens is 328 g/mol. The number of nitrogens with zero attached hydrogens (tertiary/aromatic N) is 3. The maximum atomic E-state index is 12.2. The van der Waals surface area contributed by atoms with Crippen molar-refractivity contribution in [3.05, 3.63) is 54.1 Å². The maximum Gasteiger partial charge on any atom is 0.240 e. The lowest BCUT2D eigenvalue weighted by Gasteiger charge is -2.17. The zero-order chi connectivity index (χ0) is 18.4. The Balaban J connectivity index is 1.49. The van der Waals surface area contributed by atoms with Crippen LogP contribution in [-0.4, -0.2) is 39.2 Å². The van der Waals surface area contributed by atoms with Crippen molar-refractivity contribution in [2.45, 2.75) is 39.4 Å². The molecule has 1 aliphatic rings. The second-order valence-electron chi connectivity index (χ2n) is 7.07. The number of carbonyl (C=O) groups excluding carboxylic acids is 2. The Labute approximate surface area is 154 Å². The summed E-state index contributed by atoms with van der Waals surface area (Å²) in [4.78, 5) is 30.1. The molecule has 0 bridgehead atoms. The highest BCUT2D eigenvalue weighted by molar-refractivity contribution is 5.76. The molecule has 1 aliphatic heterocycles. The van der Waals surface area contributed by atoms with Gasteiger partial charge in [0.25, 0.3) is 0 Å². The lowest BCUT2D eigenvalue weighted by molar-refractivity contribution is -0.122. The standard InChI is InChI=1S/C20H26N4O2/c1-16(25)9-18-7-8-23(12-18)13-19-11-21-15-24(19)14-20(26)22-10-17-5-3-2-4-6-17/h2-6,11,15,18H,7-10,12-14H2,1H3,(H,22,26). The number of imidazole rings is 1. The largest absolute Gasteiger partial charge is 0.350 e. The van der Waals surface area contributed by atoms with Crippen molar-refractivity contribution >= 4 is 11.7 Å². The molecule has 1 unspecified atom stereocenters. The van der Waals surface area contributed by atoms with E-state index in [-0.39, 0.29) is 18.2 Å². The fraction of sp³-hybridized carbons (Fsp3) is 0.450. The van der Waals surface area contributed by atoms with Gasteiger partial charge in [-0.05, 0) is 31.4 Å². The predicted octanol–water partition coefficient (Wildman–Crippen LogP) is 2.00. The van der Waals surface area contributed by atoms with E-state index in [1.165, 1.54) is 0 Å². The number of likely N-dealkylation sites (tertiary alicyclic amines) is 1. The monoisotopic (exact) mass is 354 g/mol. The van der Waals surface area contributed by atoms with Gasteiger partial charge in [-0.1, -0.05) is 30.3 Å². The van der Waals surface area contributed by atoms with Crippen molar-refractivity contribution in [3.8, 4) is 0 Å². The molecule has 0 aliphatic carbocycles. The molecule has 26 heavy (non-hydrogen) atoms. The van der Waals surface area contributed by atoms with Crippen molar-refractivity contribution in [1.82, 2.24) is 19.8 Å². The summed E-state index contributed by atoms with van der Waals surface area (Å²) in [6.07, 6.45) is 5.26. The average Bonchev–Trinajstić information content (AvgIpc) is 3.23. The van der Waals surface area contributed by atoms with Gasteiger partial charge in [0, 0.05) is 32.3 Å². The molecule has 1 aromatic carbocycles. The lowest BCUT2D eigenvalue weighted by atomic mass is 10.0. The van der Waals surface area contributed by atoms with Crippen LogP contribution < -0.4 is 5.32 Å². The van der Waals surface area contributed by atoms with E-state index in [4.69, 9.17) is 0 Å². The number of carbonyl (C=O) groups is 2. The van der Waals surface area contributed by atoms with Gasteiger partial charge in [-0.2, -0.15) is 0 Å². The molecule has 1 atom stereocenters. The number of ketones is 1. The van der Waals surface area contributed by atoms with Gasteiger partial charge in [-0.25, -0.2) is 4.98 Å². The highest BCUT2D eigenvalue weighted by Gasteiger charge is 2.24. The van der Waals surface area contributed by atoms with Crippen molar-refractivity contribution in [3.63, 3.8) is 0 Å². The van der Waals surface area contributed by atoms with Crippen LogP contribution in [0.5, 0.6) is 0 Å². The van der Waals surface area contributed by atoms with Gasteiger partial charge in [0.15, 0.2) is 0 Å². The number of rotatable bonds is 8. The van der Waals surface area contributed by atoms with Crippen LogP contribution in [0.25, 0.3) is 0 Å². The van der Waals surface area contributed by atoms with Gasteiger partial charge in [-0.15, -0.1) is 0 Å². The maximum absolute atomic E-state index is 12.2. The summed E-state index contributed by atoms with van der Waals surface area (Å²) in [5.74, 6) is 0.694. The average molecular weight is 354 g/mol. The third kappa shape index (κ3) is 5.26. The molecule has 138 valence electrons. The van der Waals surface area contributed by atoms with Gasteiger partial charge in [0.1, 0.15) is 12.3 Å². The zero-order valence-corrected chi connectivity index (χ0v) is 15.2. The minimum Gasteiger partial charge on any atom is -0.350 e. The van der Waals surface area contributed by atoms with E-state index in [0.29, 0.717) is 18.9 Å². The quantitative estimate of drug-likeness (QED) is 0.787. The number of benzene rings is 1. The molecule has 1 amide bonds. The smallest absolute Gasteiger partial charge is 0.240 e. The predicted molar refractivity (Wildman–Crippen MR) is 99.2 cm³/mol. The van der Waals surface area contributed by atoms with E-state index in [1.54, 1.807) is 13.3 Å². The third-order valence-electron chi connectivity index (χ3n) is 4.78. The third-order valence-corrected chi connectivity index (χ3v) is 4.78. The fourth-order valence-corrected chi connectivity index (χ4v) is 3.49.